The number of para-hydroxylation sites is 2. The standard InChI is InChI=1S/C20H24N4O4/c1-13-9-10-14(2)17(11-13)21-19(25)12-23(4)15(3)20(26)22-16-7-5-6-8-18(16)24(27)28/h5-11,15H,12H2,1-4H3,(H,21,25)(H,22,26)/p+1/t15-/m0/s1. The zero-order chi connectivity index (χ0) is 20.8. The predicted molar refractivity (Wildman–Crippen MR) is 107 cm³/mol. The van der Waals surface area contributed by atoms with Gasteiger partial charge in [0.25, 0.3) is 17.5 Å². The van der Waals surface area contributed by atoms with Crippen molar-refractivity contribution in [2.24, 2.45) is 0 Å². The van der Waals surface area contributed by atoms with Gasteiger partial charge in [0, 0.05) is 11.8 Å². The maximum Gasteiger partial charge on any atom is 0.292 e. The van der Waals surface area contributed by atoms with Crippen LogP contribution in [0.1, 0.15) is 18.1 Å². The molecule has 0 saturated heterocycles. The van der Waals surface area contributed by atoms with Crippen LogP contribution in [0.2, 0.25) is 0 Å². The van der Waals surface area contributed by atoms with Gasteiger partial charge in [-0.2, -0.15) is 0 Å². The van der Waals surface area contributed by atoms with Crippen molar-refractivity contribution in [1.29, 1.82) is 0 Å². The second kappa shape index (κ2) is 9.09. The molecule has 2 amide bonds. The summed E-state index contributed by atoms with van der Waals surface area (Å²) < 4.78 is 0. The van der Waals surface area contributed by atoms with Crippen molar-refractivity contribution in [1.82, 2.24) is 0 Å². The van der Waals surface area contributed by atoms with Crippen LogP contribution in [0.4, 0.5) is 17.1 Å². The molecule has 0 radical (unpaired) electrons. The molecule has 0 aliphatic rings. The summed E-state index contributed by atoms with van der Waals surface area (Å²) in [4.78, 5) is 36.0. The highest BCUT2D eigenvalue weighted by molar-refractivity contribution is 5.96. The molecule has 8 nitrogen and oxygen atoms in total. The van der Waals surface area contributed by atoms with E-state index in [4.69, 9.17) is 0 Å². The van der Waals surface area contributed by atoms with Crippen molar-refractivity contribution in [2.75, 3.05) is 24.2 Å². The first kappa shape index (κ1) is 21.0. The van der Waals surface area contributed by atoms with Gasteiger partial charge in [-0.1, -0.05) is 24.3 Å². The molecule has 148 valence electrons. The average molecular weight is 385 g/mol. The largest absolute Gasteiger partial charge is 0.321 e. The van der Waals surface area contributed by atoms with E-state index < -0.39 is 16.9 Å². The van der Waals surface area contributed by atoms with E-state index >= 15 is 0 Å². The molecule has 2 rings (SSSR count). The third kappa shape index (κ3) is 5.37. The fraction of sp³-hybridized carbons (Fsp3) is 0.300. The number of hydrogen-bond donors (Lipinski definition) is 3. The number of aryl methyl sites for hydroxylation is 2. The van der Waals surface area contributed by atoms with Gasteiger partial charge in [-0.25, -0.2) is 0 Å². The number of nitro benzene ring substituents is 1. The maximum absolute atomic E-state index is 12.5. The SMILES string of the molecule is Cc1ccc(C)c(NC(=O)C[NH+](C)[C@@H](C)C(=O)Nc2ccccc2[N+](=O)[O-])c1. The zero-order valence-electron chi connectivity index (χ0n) is 16.4. The van der Waals surface area contributed by atoms with Crippen molar-refractivity contribution in [3.8, 4) is 0 Å². The fourth-order valence-electron chi connectivity index (χ4n) is 2.67. The third-order valence-corrected chi connectivity index (χ3v) is 4.60. The molecule has 0 spiro atoms. The zero-order valence-corrected chi connectivity index (χ0v) is 16.4. The van der Waals surface area contributed by atoms with E-state index in [2.05, 4.69) is 10.6 Å². The van der Waals surface area contributed by atoms with E-state index in [1.807, 2.05) is 32.0 Å². The molecule has 0 fully saturated rings. The van der Waals surface area contributed by atoms with E-state index in [1.54, 1.807) is 20.0 Å². The van der Waals surface area contributed by atoms with Crippen molar-refractivity contribution < 1.29 is 19.4 Å². The van der Waals surface area contributed by atoms with Gasteiger partial charge in [0.15, 0.2) is 12.6 Å². The number of rotatable bonds is 7. The molecule has 1 unspecified atom stereocenters. The van der Waals surface area contributed by atoms with Gasteiger partial charge < -0.3 is 15.5 Å². The molecule has 0 bridgehead atoms. The van der Waals surface area contributed by atoms with Crippen LogP contribution in [0.3, 0.4) is 0 Å². The predicted octanol–water partition coefficient (Wildman–Crippen LogP) is 1.69. The van der Waals surface area contributed by atoms with Gasteiger partial charge >= 0.3 is 0 Å². The minimum absolute atomic E-state index is 0.0822. The van der Waals surface area contributed by atoms with Crippen LogP contribution in [0.25, 0.3) is 0 Å². The van der Waals surface area contributed by atoms with Gasteiger partial charge in [-0.3, -0.25) is 19.7 Å². The summed E-state index contributed by atoms with van der Waals surface area (Å²) >= 11 is 0. The summed E-state index contributed by atoms with van der Waals surface area (Å²) in [6, 6.07) is 11.2. The molecule has 0 saturated carbocycles. The van der Waals surface area contributed by atoms with Crippen molar-refractivity contribution in [3.63, 3.8) is 0 Å². The number of carbonyl (C=O) groups excluding carboxylic acids is 2. The molecule has 2 aromatic rings. The highest BCUT2D eigenvalue weighted by atomic mass is 16.6. The summed E-state index contributed by atoms with van der Waals surface area (Å²) in [7, 11) is 1.73. The van der Waals surface area contributed by atoms with Crippen molar-refractivity contribution >= 4 is 28.9 Å². The van der Waals surface area contributed by atoms with Crippen LogP contribution in [-0.2, 0) is 9.59 Å². The Hall–Kier alpha value is -3.26. The van der Waals surface area contributed by atoms with Gasteiger partial charge in [0.1, 0.15) is 5.69 Å². The number of nitro groups is 1. The molecular formula is C20H25N4O4+. The lowest BCUT2D eigenvalue weighted by Gasteiger charge is -2.21. The Morgan fingerprint density at radius 2 is 1.79 bits per heavy atom. The van der Waals surface area contributed by atoms with Crippen molar-refractivity contribution in [3.05, 3.63) is 63.7 Å². The molecule has 0 aromatic heterocycles. The summed E-state index contributed by atoms with van der Waals surface area (Å²) in [6.07, 6.45) is 0. The molecule has 2 atom stereocenters. The summed E-state index contributed by atoms with van der Waals surface area (Å²) in [5, 5.41) is 16.5. The second-order valence-corrected chi connectivity index (χ2v) is 6.87. The monoisotopic (exact) mass is 385 g/mol. The Balaban J connectivity index is 1.99. The van der Waals surface area contributed by atoms with Crippen LogP contribution >= 0.6 is 0 Å². The lowest BCUT2D eigenvalue weighted by atomic mass is 10.1. The van der Waals surface area contributed by atoms with Crippen LogP contribution in [0.5, 0.6) is 0 Å². The average Bonchev–Trinajstić information content (AvgIpc) is 2.64. The maximum atomic E-state index is 12.5. The Morgan fingerprint density at radius 1 is 1.11 bits per heavy atom. The highest BCUT2D eigenvalue weighted by Gasteiger charge is 2.26. The molecule has 2 aromatic carbocycles. The molecule has 3 N–H and O–H groups in total. The summed E-state index contributed by atoms with van der Waals surface area (Å²) in [5.74, 6) is -0.608. The second-order valence-electron chi connectivity index (χ2n) is 6.87. The lowest BCUT2D eigenvalue weighted by Crippen LogP contribution is -3.14. The molecule has 0 aliphatic carbocycles. The highest BCUT2D eigenvalue weighted by Crippen LogP contribution is 2.23. The van der Waals surface area contributed by atoms with Gasteiger partial charge in [-0.05, 0) is 44.0 Å². The smallest absolute Gasteiger partial charge is 0.292 e. The fourth-order valence-corrected chi connectivity index (χ4v) is 2.67. The Bertz CT molecular complexity index is 898. The van der Waals surface area contributed by atoms with Gasteiger partial charge in [0.2, 0.25) is 0 Å². The first-order chi connectivity index (χ1) is 13.2. The number of likely N-dealkylation sites (N-methyl/N-ethyl adjacent to an activating group) is 1. The Morgan fingerprint density at radius 3 is 2.46 bits per heavy atom. The molecule has 8 heteroatoms. The number of benzene rings is 2. The van der Waals surface area contributed by atoms with E-state index in [9.17, 15) is 19.7 Å². The number of quaternary nitrogens is 1. The number of hydrogen-bond acceptors (Lipinski definition) is 4. The van der Waals surface area contributed by atoms with E-state index in [0.717, 1.165) is 16.8 Å². The van der Waals surface area contributed by atoms with E-state index in [1.165, 1.54) is 18.2 Å². The first-order valence-corrected chi connectivity index (χ1v) is 8.92. The minimum atomic E-state index is -0.579. The number of amides is 2. The Labute approximate surface area is 163 Å². The topological polar surface area (TPSA) is 106 Å². The lowest BCUT2D eigenvalue weighted by molar-refractivity contribution is -0.885. The van der Waals surface area contributed by atoms with Crippen molar-refractivity contribution in [2.45, 2.75) is 26.8 Å². The number of carbonyl (C=O) groups is 2. The van der Waals surface area contributed by atoms with Gasteiger partial charge in [0.05, 0.1) is 12.0 Å². The molecular weight excluding hydrogens is 360 g/mol. The molecule has 0 aliphatic heterocycles. The summed E-state index contributed by atoms with van der Waals surface area (Å²) in [6.45, 7) is 5.61. The van der Waals surface area contributed by atoms with Crippen LogP contribution in [0.15, 0.2) is 42.5 Å². The quantitative estimate of drug-likeness (QED) is 0.498. The number of nitrogens with zero attached hydrogens (tertiary/aromatic N) is 1. The van der Waals surface area contributed by atoms with Crippen LogP contribution < -0.4 is 15.5 Å². The van der Waals surface area contributed by atoms with Crippen LogP contribution in [-0.4, -0.2) is 36.4 Å². The molecule has 0 heterocycles. The van der Waals surface area contributed by atoms with Gasteiger partial charge in [-0.15, -0.1) is 0 Å². The van der Waals surface area contributed by atoms with Crippen LogP contribution in [0, 0.1) is 24.0 Å². The number of anilines is 2. The van der Waals surface area contributed by atoms with E-state index in [0.29, 0.717) is 4.90 Å². The first-order valence-electron chi connectivity index (χ1n) is 8.92. The number of nitrogens with one attached hydrogen (secondary N) is 3. The normalized spacial score (nSPS) is 12.7. The minimum Gasteiger partial charge on any atom is -0.321 e. The molecule has 28 heavy (non-hydrogen) atoms. The summed E-state index contributed by atoms with van der Waals surface area (Å²) in [5.41, 5.74) is 2.71. The Kier molecular flexibility index (Phi) is 6.84. The third-order valence-electron chi connectivity index (χ3n) is 4.60. The van der Waals surface area contributed by atoms with E-state index in [-0.39, 0.29) is 23.8 Å².